The minimum Gasteiger partial charge on any atom is -0.355 e. The first-order chi connectivity index (χ1) is 13.6. The predicted molar refractivity (Wildman–Crippen MR) is 130 cm³/mol. The quantitative estimate of drug-likeness (QED) is 0.382. The van der Waals surface area contributed by atoms with Gasteiger partial charge in [0.25, 0.3) is 0 Å². The lowest BCUT2D eigenvalue weighted by molar-refractivity contribution is -0.130. The van der Waals surface area contributed by atoms with Crippen LogP contribution in [0.3, 0.4) is 0 Å². The third-order valence-corrected chi connectivity index (χ3v) is 6.17. The van der Waals surface area contributed by atoms with Gasteiger partial charge in [-0.1, -0.05) is 37.3 Å². The fraction of sp³-hybridized carbons (Fsp3) is 0.636. The third-order valence-electron chi connectivity index (χ3n) is 6.17. The number of amides is 1. The van der Waals surface area contributed by atoms with Gasteiger partial charge in [-0.25, -0.2) is 0 Å². The predicted octanol–water partition coefficient (Wildman–Crippen LogP) is 2.47. The van der Waals surface area contributed by atoms with E-state index in [0.29, 0.717) is 11.8 Å². The Kier molecular flexibility index (Phi) is 9.68. The number of rotatable bonds is 4. The summed E-state index contributed by atoms with van der Waals surface area (Å²) in [6, 6.07) is 10.9. The van der Waals surface area contributed by atoms with Crippen LogP contribution in [0.4, 0.5) is 0 Å². The fourth-order valence-electron chi connectivity index (χ4n) is 4.48. The first-order valence-corrected chi connectivity index (χ1v) is 10.6. The smallest absolute Gasteiger partial charge is 0.219 e. The lowest BCUT2D eigenvalue weighted by Crippen LogP contribution is -2.52. The zero-order valence-electron chi connectivity index (χ0n) is 18.0. The summed E-state index contributed by atoms with van der Waals surface area (Å²) in [5.41, 5.74) is 1.46. The average Bonchev–Trinajstić information content (AvgIpc) is 2.72. The van der Waals surface area contributed by atoms with E-state index < -0.39 is 0 Å². The topological polar surface area (TPSA) is 51.2 Å². The van der Waals surface area contributed by atoms with Crippen molar-refractivity contribution in [2.45, 2.75) is 26.2 Å². The number of hydrogen-bond acceptors (Lipinski definition) is 3. The molecule has 0 bridgehead atoms. The van der Waals surface area contributed by atoms with Crippen LogP contribution >= 0.6 is 24.0 Å². The molecule has 2 atom stereocenters. The Labute approximate surface area is 192 Å². The summed E-state index contributed by atoms with van der Waals surface area (Å²) in [5, 5.41) is 3.55. The monoisotopic (exact) mass is 513 g/mol. The van der Waals surface area contributed by atoms with Gasteiger partial charge >= 0.3 is 0 Å². The van der Waals surface area contributed by atoms with Crippen LogP contribution in [0, 0.1) is 5.92 Å². The van der Waals surface area contributed by atoms with Crippen molar-refractivity contribution >= 4 is 35.8 Å². The SMILES string of the molecule is CN=C(NCCN1CCN(C(C)=O)CC1)N1CCC(c2ccccc2)C(C)C1.I. The first-order valence-electron chi connectivity index (χ1n) is 10.6. The van der Waals surface area contributed by atoms with Crippen molar-refractivity contribution in [3.8, 4) is 0 Å². The molecule has 1 aromatic rings. The van der Waals surface area contributed by atoms with E-state index >= 15 is 0 Å². The van der Waals surface area contributed by atoms with E-state index in [1.807, 2.05) is 11.9 Å². The molecule has 1 aromatic carbocycles. The van der Waals surface area contributed by atoms with Crippen LogP contribution in [0.2, 0.25) is 0 Å². The number of carbonyl (C=O) groups excluding carboxylic acids is 1. The van der Waals surface area contributed by atoms with Gasteiger partial charge in [0.15, 0.2) is 5.96 Å². The number of hydrogen-bond donors (Lipinski definition) is 1. The second kappa shape index (κ2) is 11.7. The largest absolute Gasteiger partial charge is 0.355 e. The second-order valence-corrected chi connectivity index (χ2v) is 8.05. The Bertz CT molecular complexity index is 660. The second-order valence-electron chi connectivity index (χ2n) is 8.05. The maximum absolute atomic E-state index is 11.4. The molecule has 0 spiro atoms. The van der Waals surface area contributed by atoms with Crippen molar-refractivity contribution in [2.75, 3.05) is 59.4 Å². The van der Waals surface area contributed by atoms with Crippen LogP contribution in [0.1, 0.15) is 31.7 Å². The van der Waals surface area contributed by atoms with Crippen molar-refractivity contribution in [2.24, 2.45) is 10.9 Å². The lowest BCUT2D eigenvalue weighted by Gasteiger charge is -2.39. The van der Waals surface area contributed by atoms with E-state index in [9.17, 15) is 4.79 Å². The Morgan fingerprint density at radius 3 is 2.38 bits per heavy atom. The molecule has 2 fully saturated rings. The number of piperidine rings is 1. The van der Waals surface area contributed by atoms with Gasteiger partial charge < -0.3 is 15.1 Å². The molecule has 6 nitrogen and oxygen atoms in total. The molecular weight excluding hydrogens is 477 g/mol. The molecule has 0 aliphatic carbocycles. The summed E-state index contributed by atoms with van der Waals surface area (Å²) in [5.74, 6) is 2.44. The standard InChI is InChI=1S/C22H35N5O.HI/c1-18-17-27(11-9-21(18)20-7-5-4-6-8-20)22(23-3)24-10-12-25-13-15-26(16-14-25)19(2)28;/h4-8,18,21H,9-17H2,1-3H3,(H,23,24);1H. The molecule has 1 amide bonds. The van der Waals surface area contributed by atoms with Crippen LogP contribution < -0.4 is 5.32 Å². The summed E-state index contributed by atoms with van der Waals surface area (Å²) >= 11 is 0. The van der Waals surface area contributed by atoms with Crippen LogP contribution in [-0.4, -0.2) is 86.0 Å². The van der Waals surface area contributed by atoms with Crippen molar-refractivity contribution in [1.29, 1.82) is 0 Å². The first kappa shape index (κ1) is 23.9. The number of halogens is 1. The molecule has 2 aliphatic rings. The van der Waals surface area contributed by atoms with Crippen LogP contribution in [0.15, 0.2) is 35.3 Å². The van der Waals surface area contributed by atoms with Gasteiger partial charge in [-0.05, 0) is 23.8 Å². The Morgan fingerprint density at radius 2 is 1.79 bits per heavy atom. The van der Waals surface area contributed by atoms with Gasteiger partial charge in [-0.15, -0.1) is 24.0 Å². The fourth-order valence-corrected chi connectivity index (χ4v) is 4.48. The molecule has 3 rings (SSSR count). The summed E-state index contributed by atoms with van der Waals surface area (Å²) in [6.07, 6.45) is 1.17. The van der Waals surface area contributed by atoms with Crippen LogP contribution in [0.5, 0.6) is 0 Å². The number of nitrogens with zero attached hydrogens (tertiary/aromatic N) is 4. The van der Waals surface area contributed by atoms with Gasteiger partial charge in [0.05, 0.1) is 0 Å². The molecule has 1 N–H and O–H groups in total. The zero-order valence-corrected chi connectivity index (χ0v) is 20.3. The van der Waals surface area contributed by atoms with Crippen molar-refractivity contribution in [3.63, 3.8) is 0 Å². The molecule has 2 saturated heterocycles. The molecule has 0 aromatic heterocycles. The van der Waals surface area contributed by atoms with E-state index in [4.69, 9.17) is 0 Å². The number of carbonyl (C=O) groups is 1. The minimum atomic E-state index is 0. The molecule has 2 aliphatic heterocycles. The van der Waals surface area contributed by atoms with Gasteiger partial charge in [0, 0.05) is 66.3 Å². The van der Waals surface area contributed by atoms with E-state index in [1.165, 1.54) is 12.0 Å². The summed E-state index contributed by atoms with van der Waals surface area (Å²) in [7, 11) is 1.88. The van der Waals surface area contributed by atoms with E-state index in [0.717, 1.165) is 58.3 Å². The summed E-state index contributed by atoms with van der Waals surface area (Å²) in [6.45, 7) is 11.6. The lowest BCUT2D eigenvalue weighted by atomic mass is 9.82. The molecule has 7 heteroatoms. The number of piperazine rings is 1. The highest BCUT2D eigenvalue weighted by Crippen LogP contribution is 2.32. The molecule has 0 saturated carbocycles. The van der Waals surface area contributed by atoms with Crippen LogP contribution in [0.25, 0.3) is 0 Å². The number of nitrogens with one attached hydrogen (secondary N) is 1. The molecule has 2 heterocycles. The molecule has 2 unspecified atom stereocenters. The van der Waals surface area contributed by atoms with Gasteiger partial charge in [-0.3, -0.25) is 14.7 Å². The van der Waals surface area contributed by atoms with E-state index in [2.05, 4.69) is 57.4 Å². The van der Waals surface area contributed by atoms with E-state index in [1.54, 1.807) is 6.92 Å². The normalized spacial score (nSPS) is 23.5. The highest BCUT2D eigenvalue weighted by molar-refractivity contribution is 14.0. The average molecular weight is 513 g/mol. The minimum absolute atomic E-state index is 0. The highest BCUT2D eigenvalue weighted by atomic mass is 127. The zero-order chi connectivity index (χ0) is 19.9. The van der Waals surface area contributed by atoms with E-state index in [-0.39, 0.29) is 29.9 Å². The Balaban J connectivity index is 0.00000300. The van der Waals surface area contributed by atoms with Gasteiger partial charge in [0.1, 0.15) is 0 Å². The molecular formula is C22H36IN5O. The number of aliphatic imine (C=N–C) groups is 1. The Morgan fingerprint density at radius 1 is 1.10 bits per heavy atom. The molecule has 29 heavy (non-hydrogen) atoms. The van der Waals surface area contributed by atoms with Gasteiger partial charge in [0.2, 0.25) is 5.91 Å². The number of guanidine groups is 1. The summed E-state index contributed by atoms with van der Waals surface area (Å²) < 4.78 is 0. The van der Waals surface area contributed by atoms with Crippen molar-refractivity contribution in [1.82, 2.24) is 20.0 Å². The van der Waals surface area contributed by atoms with Crippen LogP contribution in [-0.2, 0) is 4.79 Å². The number of likely N-dealkylation sites (tertiary alicyclic amines) is 1. The molecule has 162 valence electrons. The highest BCUT2D eigenvalue weighted by Gasteiger charge is 2.28. The van der Waals surface area contributed by atoms with Gasteiger partial charge in [-0.2, -0.15) is 0 Å². The maximum atomic E-state index is 11.4. The summed E-state index contributed by atoms with van der Waals surface area (Å²) in [4.78, 5) is 22.7. The third kappa shape index (κ3) is 6.57. The van der Waals surface area contributed by atoms with Crippen molar-refractivity contribution in [3.05, 3.63) is 35.9 Å². The maximum Gasteiger partial charge on any atom is 0.219 e. The van der Waals surface area contributed by atoms with Crippen molar-refractivity contribution < 1.29 is 4.79 Å². The molecule has 0 radical (unpaired) electrons. The number of benzene rings is 1. The Hall–Kier alpha value is -1.35.